The fourth-order valence-corrected chi connectivity index (χ4v) is 3.41. The van der Waals surface area contributed by atoms with E-state index in [0.717, 1.165) is 18.4 Å². The zero-order chi connectivity index (χ0) is 19.5. The molecule has 9 nitrogen and oxygen atoms in total. The summed E-state index contributed by atoms with van der Waals surface area (Å²) in [6.07, 6.45) is 4.36. The lowest BCUT2D eigenvalue weighted by molar-refractivity contribution is -0.137. The van der Waals surface area contributed by atoms with Crippen molar-refractivity contribution in [3.8, 4) is 0 Å². The summed E-state index contributed by atoms with van der Waals surface area (Å²) in [7, 11) is 0. The Morgan fingerprint density at radius 3 is 2.79 bits per heavy atom. The number of carboxylic acids is 1. The molecule has 0 amide bonds. The molecular weight excluding hydrogens is 362 g/mol. The first-order chi connectivity index (χ1) is 13.7. The SMILES string of the molecule is O=C(O)[C@@H](Cc1ccccc1)Nc1ncnc2c1ncn2[C@H]1CC[C@@H](CO)O1. The summed E-state index contributed by atoms with van der Waals surface area (Å²) in [6.45, 7) is -0.0231. The molecular formula is C19H21N5O4. The Labute approximate surface area is 161 Å². The Kier molecular flexibility index (Phi) is 5.18. The maximum Gasteiger partial charge on any atom is 0.326 e. The van der Waals surface area contributed by atoms with Crippen LogP contribution < -0.4 is 5.32 Å². The number of nitrogens with zero attached hydrogens (tertiary/aromatic N) is 4. The number of fused-ring (bicyclic) bond motifs is 1. The summed E-state index contributed by atoms with van der Waals surface area (Å²) in [5, 5.41) is 21.9. The lowest BCUT2D eigenvalue weighted by Crippen LogP contribution is -2.32. The van der Waals surface area contributed by atoms with Gasteiger partial charge in [-0.1, -0.05) is 30.3 Å². The highest BCUT2D eigenvalue weighted by molar-refractivity contribution is 5.86. The Hall–Kier alpha value is -3.04. The number of carboxylic acid groups (broad SMARTS) is 1. The number of rotatable bonds is 7. The second-order valence-corrected chi connectivity index (χ2v) is 6.74. The molecule has 3 aromatic rings. The molecule has 1 aliphatic rings. The number of hydrogen-bond donors (Lipinski definition) is 3. The van der Waals surface area contributed by atoms with Crippen molar-refractivity contribution in [2.24, 2.45) is 0 Å². The quantitative estimate of drug-likeness (QED) is 0.562. The van der Waals surface area contributed by atoms with E-state index in [9.17, 15) is 15.0 Å². The molecule has 2 aromatic heterocycles. The van der Waals surface area contributed by atoms with Crippen LogP contribution in [0.3, 0.4) is 0 Å². The number of carbonyl (C=O) groups is 1. The molecule has 1 aromatic carbocycles. The van der Waals surface area contributed by atoms with E-state index in [1.54, 1.807) is 10.9 Å². The van der Waals surface area contributed by atoms with Crippen LogP contribution in [-0.4, -0.2) is 54.5 Å². The fraction of sp³-hybridized carbons (Fsp3) is 0.368. The molecule has 0 radical (unpaired) electrons. The molecule has 0 bridgehead atoms. The summed E-state index contributed by atoms with van der Waals surface area (Å²) >= 11 is 0. The molecule has 28 heavy (non-hydrogen) atoms. The molecule has 3 N–H and O–H groups in total. The molecule has 9 heteroatoms. The van der Waals surface area contributed by atoms with Gasteiger partial charge in [0.25, 0.3) is 0 Å². The van der Waals surface area contributed by atoms with Crippen molar-refractivity contribution >= 4 is 23.0 Å². The largest absolute Gasteiger partial charge is 0.480 e. The van der Waals surface area contributed by atoms with Crippen LogP contribution in [0, 0.1) is 0 Å². The van der Waals surface area contributed by atoms with Crippen molar-refractivity contribution in [3.63, 3.8) is 0 Å². The highest BCUT2D eigenvalue weighted by atomic mass is 16.5. The van der Waals surface area contributed by atoms with Gasteiger partial charge in [-0.15, -0.1) is 0 Å². The van der Waals surface area contributed by atoms with Crippen LogP contribution in [0.1, 0.15) is 24.6 Å². The number of hydrogen-bond acceptors (Lipinski definition) is 7. The predicted octanol–water partition coefficient (Wildman–Crippen LogP) is 1.60. The van der Waals surface area contributed by atoms with Crippen LogP contribution in [0.5, 0.6) is 0 Å². The van der Waals surface area contributed by atoms with Crippen LogP contribution in [0.25, 0.3) is 11.2 Å². The van der Waals surface area contributed by atoms with Gasteiger partial charge in [0.1, 0.15) is 18.6 Å². The van der Waals surface area contributed by atoms with E-state index in [-0.39, 0.29) is 18.9 Å². The summed E-state index contributed by atoms with van der Waals surface area (Å²) in [5.41, 5.74) is 1.95. The molecule has 0 unspecified atom stereocenters. The van der Waals surface area contributed by atoms with Crippen molar-refractivity contribution in [1.29, 1.82) is 0 Å². The summed E-state index contributed by atoms with van der Waals surface area (Å²) in [6, 6.07) is 8.56. The van der Waals surface area contributed by atoms with Crippen molar-refractivity contribution in [3.05, 3.63) is 48.5 Å². The highest BCUT2D eigenvalue weighted by Crippen LogP contribution is 2.31. The normalized spacial score (nSPS) is 20.3. The summed E-state index contributed by atoms with van der Waals surface area (Å²) in [5.74, 6) is -0.608. The molecule has 1 aliphatic heterocycles. The monoisotopic (exact) mass is 383 g/mol. The van der Waals surface area contributed by atoms with E-state index in [0.29, 0.717) is 23.4 Å². The number of nitrogens with one attached hydrogen (secondary N) is 1. The van der Waals surface area contributed by atoms with Gasteiger partial charge in [0.15, 0.2) is 17.0 Å². The highest BCUT2D eigenvalue weighted by Gasteiger charge is 2.28. The first-order valence-corrected chi connectivity index (χ1v) is 9.13. The lowest BCUT2D eigenvalue weighted by atomic mass is 10.1. The number of imidazole rings is 1. The van der Waals surface area contributed by atoms with Crippen LogP contribution in [0.2, 0.25) is 0 Å². The molecule has 3 atom stereocenters. The predicted molar refractivity (Wildman–Crippen MR) is 101 cm³/mol. The lowest BCUT2D eigenvalue weighted by Gasteiger charge is -2.16. The topological polar surface area (TPSA) is 122 Å². The van der Waals surface area contributed by atoms with Gasteiger partial charge in [-0.2, -0.15) is 0 Å². The van der Waals surface area contributed by atoms with Crippen LogP contribution >= 0.6 is 0 Å². The number of anilines is 1. The molecule has 146 valence electrons. The van der Waals surface area contributed by atoms with E-state index in [2.05, 4.69) is 20.3 Å². The number of aliphatic hydroxyl groups excluding tert-OH is 1. The maximum absolute atomic E-state index is 11.8. The van der Waals surface area contributed by atoms with E-state index in [1.807, 2.05) is 30.3 Å². The van der Waals surface area contributed by atoms with E-state index in [1.165, 1.54) is 6.33 Å². The molecule has 1 fully saturated rings. The number of aliphatic hydroxyl groups is 1. The minimum Gasteiger partial charge on any atom is -0.480 e. The molecule has 0 saturated carbocycles. The molecule has 4 rings (SSSR count). The van der Waals surface area contributed by atoms with E-state index < -0.39 is 12.0 Å². The van der Waals surface area contributed by atoms with Crippen LogP contribution in [0.15, 0.2) is 43.0 Å². The van der Waals surface area contributed by atoms with Gasteiger partial charge in [0, 0.05) is 6.42 Å². The standard InChI is InChI=1S/C19H21N5O4/c25-9-13-6-7-15(28-13)24-11-22-16-17(20-10-21-18(16)24)23-14(19(26)27)8-12-4-2-1-3-5-12/h1-5,10-11,13-15,25H,6-9H2,(H,26,27)(H,20,21,23)/t13-,14+,15+/m0/s1. The molecule has 1 saturated heterocycles. The number of aliphatic carboxylic acids is 1. The van der Waals surface area contributed by atoms with Crippen LogP contribution in [0.4, 0.5) is 5.82 Å². The fourth-order valence-electron chi connectivity index (χ4n) is 3.41. The van der Waals surface area contributed by atoms with Gasteiger partial charge in [-0.05, 0) is 18.4 Å². The van der Waals surface area contributed by atoms with Crippen molar-refractivity contribution in [1.82, 2.24) is 19.5 Å². The minimum atomic E-state index is -0.972. The van der Waals surface area contributed by atoms with Gasteiger partial charge in [-0.3, -0.25) is 4.57 Å². The average Bonchev–Trinajstić information content (AvgIpc) is 3.35. The van der Waals surface area contributed by atoms with E-state index in [4.69, 9.17) is 4.74 Å². The maximum atomic E-state index is 11.8. The smallest absolute Gasteiger partial charge is 0.326 e. The Bertz CT molecular complexity index is 961. The third-order valence-electron chi connectivity index (χ3n) is 4.85. The van der Waals surface area contributed by atoms with Gasteiger partial charge >= 0.3 is 5.97 Å². The van der Waals surface area contributed by atoms with Crippen molar-refractivity contribution in [2.75, 3.05) is 11.9 Å². The van der Waals surface area contributed by atoms with Crippen LogP contribution in [-0.2, 0) is 16.0 Å². The first-order valence-electron chi connectivity index (χ1n) is 9.13. The number of ether oxygens (including phenoxy) is 1. The molecule has 0 spiro atoms. The van der Waals surface area contributed by atoms with E-state index >= 15 is 0 Å². The third kappa shape index (κ3) is 3.67. The summed E-state index contributed by atoms with van der Waals surface area (Å²) in [4.78, 5) is 24.6. The summed E-state index contributed by atoms with van der Waals surface area (Å²) < 4.78 is 7.60. The Balaban J connectivity index is 1.59. The number of aromatic nitrogens is 4. The van der Waals surface area contributed by atoms with Crippen molar-refractivity contribution in [2.45, 2.75) is 37.6 Å². The average molecular weight is 383 g/mol. The first kappa shape index (κ1) is 18.3. The molecule has 0 aliphatic carbocycles. The molecule has 3 heterocycles. The van der Waals surface area contributed by atoms with Gasteiger partial charge in [0.2, 0.25) is 0 Å². The Morgan fingerprint density at radius 1 is 1.25 bits per heavy atom. The Morgan fingerprint density at radius 2 is 2.07 bits per heavy atom. The second-order valence-electron chi connectivity index (χ2n) is 6.74. The van der Waals surface area contributed by atoms with Crippen molar-refractivity contribution < 1.29 is 19.7 Å². The van der Waals surface area contributed by atoms with Gasteiger partial charge in [-0.25, -0.2) is 19.7 Å². The zero-order valence-corrected chi connectivity index (χ0v) is 15.1. The minimum absolute atomic E-state index is 0.0231. The number of benzene rings is 1. The third-order valence-corrected chi connectivity index (χ3v) is 4.85. The van der Waals surface area contributed by atoms with Gasteiger partial charge in [0.05, 0.1) is 19.0 Å². The second kappa shape index (κ2) is 7.91. The van der Waals surface area contributed by atoms with Gasteiger partial charge < -0.3 is 20.3 Å². The zero-order valence-electron chi connectivity index (χ0n) is 15.1.